The van der Waals surface area contributed by atoms with Crippen LogP contribution in [-0.2, 0) is 15.9 Å². The number of rotatable bonds is 6. The molecular weight excluding hydrogens is 604 g/mol. The van der Waals surface area contributed by atoms with Crippen LogP contribution in [0.4, 0.5) is 9.59 Å². The van der Waals surface area contributed by atoms with Crippen molar-refractivity contribution in [3.8, 4) is 33.6 Å². The van der Waals surface area contributed by atoms with Crippen molar-refractivity contribution in [1.29, 1.82) is 0 Å². The summed E-state index contributed by atoms with van der Waals surface area (Å²) in [5.41, 5.74) is 6.09. The Labute approximate surface area is 283 Å². The number of hydrogen-bond donors (Lipinski definition) is 2. The van der Waals surface area contributed by atoms with Gasteiger partial charge >= 0.3 is 12.2 Å². The molecule has 0 bridgehead atoms. The number of benzene rings is 2. The summed E-state index contributed by atoms with van der Waals surface area (Å²) in [6.07, 6.45) is 5.61. The van der Waals surface area contributed by atoms with E-state index >= 15 is 0 Å². The number of aromatic nitrogens is 4. The van der Waals surface area contributed by atoms with Crippen LogP contribution in [0.3, 0.4) is 0 Å². The third kappa shape index (κ3) is 7.27. The van der Waals surface area contributed by atoms with Gasteiger partial charge in [-0.1, -0.05) is 55.5 Å². The second-order valence-electron chi connectivity index (χ2n) is 14.8. The van der Waals surface area contributed by atoms with E-state index in [1.54, 1.807) is 9.80 Å². The van der Waals surface area contributed by atoms with Gasteiger partial charge in [-0.2, -0.15) is 0 Å². The van der Waals surface area contributed by atoms with Crippen LogP contribution in [0.5, 0.6) is 0 Å². The first-order valence-corrected chi connectivity index (χ1v) is 17.1. The Morgan fingerprint density at radius 2 is 1.21 bits per heavy atom. The number of nitrogens with zero attached hydrogens (tertiary/aromatic N) is 4. The molecular formula is C38H48N6O4. The zero-order chi connectivity index (χ0) is 34.2. The van der Waals surface area contributed by atoms with Gasteiger partial charge in [-0.15, -0.1) is 0 Å². The van der Waals surface area contributed by atoms with Crippen molar-refractivity contribution in [1.82, 2.24) is 29.7 Å². The predicted octanol–water partition coefficient (Wildman–Crippen LogP) is 8.84. The molecule has 2 aromatic carbocycles. The second-order valence-corrected chi connectivity index (χ2v) is 14.8. The summed E-state index contributed by atoms with van der Waals surface area (Å²) in [5.74, 6) is 1.60. The lowest BCUT2D eigenvalue weighted by molar-refractivity contribution is 0.0208. The Hall–Kier alpha value is -4.60. The lowest BCUT2D eigenvalue weighted by atomic mass is 10.0. The van der Waals surface area contributed by atoms with Crippen LogP contribution < -0.4 is 0 Å². The average molecular weight is 653 g/mol. The van der Waals surface area contributed by atoms with E-state index in [9.17, 15) is 9.59 Å². The van der Waals surface area contributed by atoms with Crippen LogP contribution in [0.2, 0.25) is 0 Å². The fourth-order valence-corrected chi connectivity index (χ4v) is 6.58. The molecule has 2 N–H and O–H groups in total. The van der Waals surface area contributed by atoms with Gasteiger partial charge in [0.25, 0.3) is 0 Å². The number of H-pyrrole nitrogens is 2. The highest BCUT2D eigenvalue weighted by Gasteiger charge is 2.36. The third-order valence-electron chi connectivity index (χ3n) is 8.83. The first-order chi connectivity index (χ1) is 22.8. The standard InChI is InChI=1S/C38H48N6O4/c1-8-28-32(42-34(40-28)31-12-10-22-44(31)36(46)48-38(5,6)7)27-19-15-25(16-20-27)24-13-17-26(18-14-24)29-23-39-33(41-29)30-11-9-21-43(30)35(45)47-37(2,3)4/h13-20,23,30-31H,8-12,21-22H2,1-7H3,(H,39,41)(H,40,42). The molecule has 2 amide bonds. The molecule has 2 aliphatic heterocycles. The molecule has 0 saturated carbocycles. The summed E-state index contributed by atoms with van der Waals surface area (Å²) in [4.78, 5) is 46.0. The Bertz CT molecular complexity index is 1740. The normalized spacial score (nSPS) is 18.4. The molecule has 2 aromatic heterocycles. The number of nitrogens with one attached hydrogen (secondary N) is 2. The van der Waals surface area contributed by atoms with Gasteiger partial charge in [0.2, 0.25) is 0 Å². The molecule has 4 heterocycles. The van der Waals surface area contributed by atoms with Crippen LogP contribution in [0.1, 0.15) is 104 Å². The third-order valence-corrected chi connectivity index (χ3v) is 8.83. The Kier molecular flexibility index (Phi) is 9.11. The van der Waals surface area contributed by atoms with Crippen molar-refractivity contribution in [2.45, 2.75) is 104 Å². The molecule has 2 fully saturated rings. The molecule has 254 valence electrons. The SMILES string of the molecule is CCc1[nH]c(C2CCCN2C(=O)OC(C)(C)C)nc1-c1ccc(-c2ccc(-c3cnc(C4CCCN4C(=O)OC(C)(C)C)[nH]3)cc2)cc1. The lowest BCUT2D eigenvalue weighted by Crippen LogP contribution is -2.36. The maximum atomic E-state index is 12.9. The van der Waals surface area contributed by atoms with Crippen molar-refractivity contribution in [2.24, 2.45) is 0 Å². The Morgan fingerprint density at radius 3 is 1.71 bits per heavy atom. The number of aromatic amines is 2. The van der Waals surface area contributed by atoms with E-state index in [1.807, 2.05) is 47.7 Å². The first-order valence-electron chi connectivity index (χ1n) is 17.1. The van der Waals surface area contributed by atoms with Gasteiger partial charge in [0, 0.05) is 24.3 Å². The van der Waals surface area contributed by atoms with Crippen molar-refractivity contribution < 1.29 is 19.1 Å². The molecule has 2 atom stereocenters. The van der Waals surface area contributed by atoms with E-state index in [4.69, 9.17) is 14.5 Å². The monoisotopic (exact) mass is 652 g/mol. The number of likely N-dealkylation sites (tertiary alicyclic amines) is 2. The molecule has 0 spiro atoms. The first kappa shape index (κ1) is 33.3. The maximum absolute atomic E-state index is 12.9. The summed E-state index contributed by atoms with van der Waals surface area (Å²) in [7, 11) is 0. The van der Waals surface area contributed by atoms with Crippen molar-refractivity contribution in [2.75, 3.05) is 13.1 Å². The molecule has 0 aliphatic carbocycles. The summed E-state index contributed by atoms with van der Waals surface area (Å²) >= 11 is 0. The zero-order valence-corrected chi connectivity index (χ0v) is 29.2. The van der Waals surface area contributed by atoms with Crippen LogP contribution in [0.15, 0.2) is 54.7 Å². The number of carbonyl (C=O) groups is 2. The van der Waals surface area contributed by atoms with E-state index in [0.29, 0.717) is 13.1 Å². The Balaban J connectivity index is 1.15. The maximum Gasteiger partial charge on any atom is 0.410 e. The fourth-order valence-electron chi connectivity index (χ4n) is 6.58. The minimum absolute atomic E-state index is 0.118. The molecule has 10 heteroatoms. The summed E-state index contributed by atoms with van der Waals surface area (Å²) in [5, 5.41) is 0. The quantitative estimate of drug-likeness (QED) is 0.215. The van der Waals surface area contributed by atoms with Crippen molar-refractivity contribution in [3.63, 3.8) is 0 Å². The van der Waals surface area contributed by atoms with Crippen molar-refractivity contribution in [3.05, 3.63) is 72.1 Å². The molecule has 2 unspecified atom stereocenters. The molecule has 2 aliphatic rings. The van der Waals surface area contributed by atoms with E-state index in [1.165, 1.54) is 0 Å². The van der Waals surface area contributed by atoms with Gasteiger partial charge in [-0.3, -0.25) is 9.80 Å². The summed E-state index contributed by atoms with van der Waals surface area (Å²) in [6.45, 7) is 14.8. The van der Waals surface area contributed by atoms with E-state index in [2.05, 4.69) is 70.4 Å². The van der Waals surface area contributed by atoms with E-state index in [-0.39, 0.29) is 24.3 Å². The number of aryl methyl sites for hydroxylation is 1. The highest BCUT2D eigenvalue weighted by Crippen LogP contribution is 2.36. The molecule has 0 radical (unpaired) electrons. The fraction of sp³-hybridized carbons (Fsp3) is 0.474. The molecule has 48 heavy (non-hydrogen) atoms. The lowest BCUT2D eigenvalue weighted by Gasteiger charge is -2.27. The summed E-state index contributed by atoms with van der Waals surface area (Å²) < 4.78 is 11.3. The van der Waals surface area contributed by atoms with Crippen LogP contribution >= 0.6 is 0 Å². The van der Waals surface area contributed by atoms with Gasteiger partial charge in [-0.05, 0) is 90.3 Å². The van der Waals surface area contributed by atoms with Crippen molar-refractivity contribution >= 4 is 12.2 Å². The van der Waals surface area contributed by atoms with Gasteiger partial charge in [0.15, 0.2) is 0 Å². The minimum atomic E-state index is -0.542. The van der Waals surface area contributed by atoms with Crippen LogP contribution in [0.25, 0.3) is 33.6 Å². The second kappa shape index (κ2) is 13.1. The highest BCUT2D eigenvalue weighted by molar-refractivity contribution is 5.73. The van der Waals surface area contributed by atoms with Gasteiger partial charge in [0.05, 0.1) is 29.7 Å². The molecule has 4 aromatic rings. The number of ether oxygens (including phenoxy) is 2. The number of carbonyl (C=O) groups excluding carboxylic acids is 2. The largest absolute Gasteiger partial charge is 0.444 e. The highest BCUT2D eigenvalue weighted by atomic mass is 16.6. The number of hydrogen-bond acceptors (Lipinski definition) is 6. The van der Waals surface area contributed by atoms with Crippen LogP contribution in [-0.4, -0.2) is 66.2 Å². The number of amides is 2. The van der Waals surface area contributed by atoms with Crippen LogP contribution in [0, 0.1) is 0 Å². The van der Waals surface area contributed by atoms with Gasteiger partial charge in [0.1, 0.15) is 22.9 Å². The number of imidazole rings is 2. The Morgan fingerprint density at radius 1 is 0.729 bits per heavy atom. The topological polar surface area (TPSA) is 116 Å². The van der Waals surface area contributed by atoms with Gasteiger partial charge in [-0.25, -0.2) is 19.6 Å². The summed E-state index contributed by atoms with van der Waals surface area (Å²) in [6, 6.07) is 16.6. The van der Waals surface area contributed by atoms with Gasteiger partial charge < -0.3 is 19.4 Å². The van der Waals surface area contributed by atoms with E-state index < -0.39 is 11.2 Å². The predicted molar refractivity (Wildman–Crippen MR) is 186 cm³/mol. The average Bonchev–Trinajstić information content (AvgIpc) is 3.85. The minimum Gasteiger partial charge on any atom is -0.444 e. The molecule has 10 nitrogen and oxygen atoms in total. The molecule has 2 saturated heterocycles. The van der Waals surface area contributed by atoms with E-state index in [0.717, 1.165) is 83.1 Å². The molecule has 6 rings (SSSR count). The smallest absolute Gasteiger partial charge is 0.410 e. The zero-order valence-electron chi connectivity index (χ0n) is 29.2.